The summed E-state index contributed by atoms with van der Waals surface area (Å²) < 4.78 is 0. The summed E-state index contributed by atoms with van der Waals surface area (Å²) >= 11 is 1.79. The molecule has 3 nitrogen and oxygen atoms in total. The zero-order chi connectivity index (χ0) is 13.9. The van der Waals surface area contributed by atoms with E-state index in [-0.39, 0.29) is 11.3 Å². The number of likely N-dealkylation sites (tertiary alicyclic amines) is 1. The molecule has 0 aliphatic carbocycles. The van der Waals surface area contributed by atoms with Crippen LogP contribution in [0.25, 0.3) is 0 Å². The summed E-state index contributed by atoms with van der Waals surface area (Å²) in [5.74, 6) is 1.12. The maximum atomic E-state index is 12.4. The van der Waals surface area contributed by atoms with Crippen molar-refractivity contribution in [3.05, 3.63) is 35.4 Å². The summed E-state index contributed by atoms with van der Waals surface area (Å²) in [5, 5.41) is 0. The Morgan fingerprint density at radius 3 is 2.63 bits per heavy atom. The Balaban J connectivity index is 2.04. The summed E-state index contributed by atoms with van der Waals surface area (Å²) in [5.41, 5.74) is 7.92. The molecular weight excluding hydrogens is 256 g/mol. The smallest absolute Gasteiger partial charge is 0.253 e. The second-order valence-corrected chi connectivity index (χ2v) is 6.49. The zero-order valence-electron chi connectivity index (χ0n) is 11.7. The number of nitrogens with two attached hydrogens (primary N) is 1. The topological polar surface area (TPSA) is 46.3 Å². The molecule has 0 bridgehead atoms. The number of benzene rings is 1. The zero-order valence-corrected chi connectivity index (χ0v) is 12.5. The van der Waals surface area contributed by atoms with Gasteiger partial charge < -0.3 is 10.6 Å². The first-order chi connectivity index (χ1) is 9.08. The molecule has 1 aromatic carbocycles. The third-order valence-electron chi connectivity index (χ3n) is 3.85. The van der Waals surface area contributed by atoms with E-state index in [1.165, 1.54) is 5.56 Å². The lowest BCUT2D eigenvalue weighted by Gasteiger charge is -2.22. The van der Waals surface area contributed by atoms with Crippen LogP contribution in [0.4, 0.5) is 0 Å². The van der Waals surface area contributed by atoms with Crippen molar-refractivity contribution in [1.82, 2.24) is 4.90 Å². The van der Waals surface area contributed by atoms with Gasteiger partial charge >= 0.3 is 0 Å². The largest absolute Gasteiger partial charge is 0.338 e. The Bertz CT molecular complexity index is 446. The fraction of sp³-hybridized carbons (Fsp3) is 0.533. The van der Waals surface area contributed by atoms with E-state index in [4.69, 9.17) is 5.73 Å². The van der Waals surface area contributed by atoms with Crippen molar-refractivity contribution in [3.63, 3.8) is 0 Å². The molecule has 1 amide bonds. The van der Waals surface area contributed by atoms with Gasteiger partial charge in [0.15, 0.2) is 0 Å². The van der Waals surface area contributed by atoms with Gasteiger partial charge in [-0.1, -0.05) is 19.1 Å². The third-order valence-corrected chi connectivity index (χ3v) is 4.47. The Morgan fingerprint density at radius 2 is 2.11 bits per heavy atom. The van der Waals surface area contributed by atoms with Crippen molar-refractivity contribution in [3.8, 4) is 0 Å². The Kier molecular flexibility index (Phi) is 4.53. The summed E-state index contributed by atoms with van der Waals surface area (Å²) in [6.45, 7) is 4.39. The molecule has 1 saturated heterocycles. The average Bonchev–Trinajstić information content (AvgIpc) is 2.83. The van der Waals surface area contributed by atoms with E-state index in [0.717, 1.165) is 30.8 Å². The number of rotatable bonds is 4. The minimum absolute atomic E-state index is 0.0917. The molecular formula is C15H22N2OS. The van der Waals surface area contributed by atoms with Crippen LogP contribution in [0.5, 0.6) is 0 Å². The van der Waals surface area contributed by atoms with E-state index in [1.807, 2.05) is 29.2 Å². The van der Waals surface area contributed by atoms with Crippen LogP contribution in [0.1, 0.15) is 29.3 Å². The van der Waals surface area contributed by atoms with E-state index < -0.39 is 0 Å². The van der Waals surface area contributed by atoms with Gasteiger partial charge in [0.2, 0.25) is 0 Å². The first kappa shape index (κ1) is 14.4. The predicted molar refractivity (Wildman–Crippen MR) is 81.3 cm³/mol. The molecule has 0 radical (unpaired) electrons. The van der Waals surface area contributed by atoms with E-state index in [2.05, 4.69) is 13.2 Å². The number of nitrogens with zero attached hydrogens (tertiary/aromatic N) is 1. The third kappa shape index (κ3) is 3.31. The van der Waals surface area contributed by atoms with Gasteiger partial charge in [-0.15, -0.1) is 0 Å². The summed E-state index contributed by atoms with van der Waals surface area (Å²) in [7, 11) is 0. The molecule has 4 heteroatoms. The first-order valence-corrected chi connectivity index (χ1v) is 8.04. The second-order valence-electron chi connectivity index (χ2n) is 5.62. The Labute approximate surface area is 119 Å². The lowest BCUT2D eigenvalue weighted by atomic mass is 9.90. The molecule has 1 aliphatic rings. The molecule has 1 unspecified atom stereocenters. The molecule has 104 valence electrons. The lowest BCUT2D eigenvalue weighted by Crippen LogP contribution is -2.34. The average molecular weight is 278 g/mol. The van der Waals surface area contributed by atoms with Crippen molar-refractivity contribution in [2.45, 2.75) is 19.1 Å². The minimum Gasteiger partial charge on any atom is -0.338 e. The van der Waals surface area contributed by atoms with E-state index in [9.17, 15) is 4.79 Å². The van der Waals surface area contributed by atoms with Crippen LogP contribution in [0.15, 0.2) is 24.3 Å². The van der Waals surface area contributed by atoms with E-state index in [1.54, 1.807) is 11.8 Å². The van der Waals surface area contributed by atoms with Gasteiger partial charge in [0.25, 0.3) is 5.91 Å². The van der Waals surface area contributed by atoms with Gasteiger partial charge in [0.05, 0.1) is 0 Å². The van der Waals surface area contributed by atoms with Gasteiger partial charge in [-0.3, -0.25) is 4.79 Å². The van der Waals surface area contributed by atoms with Crippen LogP contribution in [-0.4, -0.2) is 36.7 Å². The summed E-state index contributed by atoms with van der Waals surface area (Å²) in [4.78, 5) is 14.3. The standard InChI is InChI=1S/C15H22N2OS/c1-15(10-16)7-8-17(11-15)14(18)13-5-3-12(4-6-13)9-19-2/h3-6H,7-11,16H2,1-2H3. The van der Waals surface area contributed by atoms with E-state index >= 15 is 0 Å². The van der Waals surface area contributed by atoms with Crippen LogP contribution < -0.4 is 5.73 Å². The molecule has 1 aromatic rings. The SMILES string of the molecule is CSCc1ccc(C(=O)N2CCC(C)(CN)C2)cc1. The summed E-state index contributed by atoms with van der Waals surface area (Å²) in [6.07, 6.45) is 3.08. The molecule has 2 N–H and O–H groups in total. The number of carbonyl (C=O) groups excluding carboxylic acids is 1. The highest BCUT2D eigenvalue weighted by Gasteiger charge is 2.35. The van der Waals surface area contributed by atoms with Crippen molar-refractivity contribution >= 4 is 17.7 Å². The molecule has 1 aliphatic heterocycles. The van der Waals surface area contributed by atoms with Crippen LogP contribution >= 0.6 is 11.8 Å². The quantitative estimate of drug-likeness (QED) is 0.919. The monoisotopic (exact) mass is 278 g/mol. The van der Waals surface area contributed by atoms with Crippen molar-refractivity contribution in [2.24, 2.45) is 11.1 Å². The van der Waals surface area contributed by atoms with Gasteiger partial charge in [0.1, 0.15) is 0 Å². The molecule has 0 spiro atoms. The highest BCUT2D eigenvalue weighted by Crippen LogP contribution is 2.29. The van der Waals surface area contributed by atoms with Crippen molar-refractivity contribution in [2.75, 3.05) is 25.9 Å². The molecule has 19 heavy (non-hydrogen) atoms. The van der Waals surface area contributed by atoms with Crippen LogP contribution in [-0.2, 0) is 5.75 Å². The lowest BCUT2D eigenvalue weighted by molar-refractivity contribution is 0.0777. The van der Waals surface area contributed by atoms with Crippen molar-refractivity contribution < 1.29 is 4.79 Å². The molecule has 1 fully saturated rings. The molecule has 1 heterocycles. The molecule has 1 atom stereocenters. The van der Waals surface area contributed by atoms with Crippen LogP contribution in [0.3, 0.4) is 0 Å². The van der Waals surface area contributed by atoms with E-state index in [0.29, 0.717) is 6.54 Å². The number of hydrogen-bond donors (Lipinski definition) is 1. The van der Waals surface area contributed by atoms with Gasteiger partial charge in [-0.25, -0.2) is 0 Å². The number of thioether (sulfide) groups is 1. The first-order valence-electron chi connectivity index (χ1n) is 6.65. The Morgan fingerprint density at radius 1 is 1.42 bits per heavy atom. The highest BCUT2D eigenvalue weighted by atomic mass is 32.2. The summed E-state index contributed by atoms with van der Waals surface area (Å²) in [6, 6.07) is 7.96. The minimum atomic E-state index is 0.0917. The van der Waals surface area contributed by atoms with Crippen molar-refractivity contribution in [1.29, 1.82) is 0 Å². The van der Waals surface area contributed by atoms with Crippen LogP contribution in [0, 0.1) is 5.41 Å². The molecule has 2 rings (SSSR count). The van der Waals surface area contributed by atoms with Gasteiger partial charge in [-0.05, 0) is 42.3 Å². The highest BCUT2D eigenvalue weighted by molar-refractivity contribution is 7.97. The normalized spacial score (nSPS) is 22.8. The van der Waals surface area contributed by atoms with Gasteiger partial charge in [0, 0.05) is 24.4 Å². The molecule has 0 aromatic heterocycles. The fourth-order valence-corrected chi connectivity index (χ4v) is 2.98. The Hall–Kier alpha value is -1.00. The predicted octanol–water partition coefficient (Wildman–Crippen LogP) is 2.36. The number of amides is 1. The maximum Gasteiger partial charge on any atom is 0.253 e. The number of hydrogen-bond acceptors (Lipinski definition) is 3. The fourth-order valence-electron chi connectivity index (χ4n) is 2.46. The second kappa shape index (κ2) is 5.97. The maximum absolute atomic E-state index is 12.4. The number of carbonyl (C=O) groups is 1. The molecule has 0 saturated carbocycles. The van der Waals surface area contributed by atoms with Gasteiger partial charge in [-0.2, -0.15) is 11.8 Å². The van der Waals surface area contributed by atoms with Crippen LogP contribution in [0.2, 0.25) is 0 Å².